The topological polar surface area (TPSA) is 81.5 Å². The number of carbonyl (C=O) groups is 1. The van der Waals surface area contributed by atoms with Crippen LogP contribution in [0.5, 0.6) is 0 Å². The highest BCUT2D eigenvalue weighted by molar-refractivity contribution is 6.30. The predicted molar refractivity (Wildman–Crippen MR) is 103 cm³/mol. The number of rotatable bonds is 6. The van der Waals surface area contributed by atoms with Crippen LogP contribution in [0.2, 0.25) is 5.02 Å². The van der Waals surface area contributed by atoms with Crippen molar-refractivity contribution in [1.29, 1.82) is 0 Å². The Morgan fingerprint density at radius 1 is 1.19 bits per heavy atom. The maximum Gasteiger partial charge on any atom is 0.269 e. The van der Waals surface area contributed by atoms with Gasteiger partial charge in [-0.3, -0.25) is 14.9 Å². The first kappa shape index (κ1) is 19.3. The van der Waals surface area contributed by atoms with Gasteiger partial charge in [0.1, 0.15) is 0 Å². The molecular formula is C20H21ClN2O4. The van der Waals surface area contributed by atoms with Crippen LogP contribution >= 0.6 is 11.6 Å². The first-order valence-corrected chi connectivity index (χ1v) is 9.20. The second-order valence-corrected chi connectivity index (χ2v) is 7.22. The van der Waals surface area contributed by atoms with E-state index in [9.17, 15) is 14.9 Å². The molecule has 2 aromatic carbocycles. The predicted octanol–water partition coefficient (Wildman–Crippen LogP) is 3.66. The van der Waals surface area contributed by atoms with E-state index in [4.69, 9.17) is 16.3 Å². The van der Waals surface area contributed by atoms with Gasteiger partial charge in [-0.05, 0) is 36.1 Å². The Balaban J connectivity index is 1.66. The molecule has 2 aromatic rings. The van der Waals surface area contributed by atoms with Crippen molar-refractivity contribution in [1.82, 2.24) is 5.32 Å². The standard InChI is InChI=1S/C20H21ClN2O4/c21-17-3-1-2-16(13-17)20(8-10-27-11-9-20)14-22-19(24)12-15-4-6-18(7-5-15)23(25)26/h1-7,13H,8-12,14H2,(H,22,24). The van der Waals surface area contributed by atoms with Crippen LogP contribution in [0.4, 0.5) is 5.69 Å². The zero-order chi connectivity index (χ0) is 19.3. The minimum Gasteiger partial charge on any atom is -0.381 e. The number of carbonyl (C=O) groups excluding carboxylic acids is 1. The summed E-state index contributed by atoms with van der Waals surface area (Å²) in [5.41, 5.74) is 1.66. The molecule has 0 saturated carbocycles. The van der Waals surface area contributed by atoms with Crippen LogP contribution in [-0.4, -0.2) is 30.6 Å². The zero-order valence-corrected chi connectivity index (χ0v) is 15.6. The molecule has 6 nitrogen and oxygen atoms in total. The van der Waals surface area contributed by atoms with E-state index in [2.05, 4.69) is 5.32 Å². The van der Waals surface area contributed by atoms with Crippen LogP contribution < -0.4 is 5.32 Å². The molecule has 0 spiro atoms. The summed E-state index contributed by atoms with van der Waals surface area (Å²) in [6.45, 7) is 1.79. The average Bonchev–Trinajstić information content (AvgIpc) is 2.67. The molecule has 142 valence electrons. The number of nitrogens with zero attached hydrogens (tertiary/aromatic N) is 1. The lowest BCUT2D eigenvalue weighted by Gasteiger charge is -2.38. The van der Waals surface area contributed by atoms with Crippen LogP contribution in [0.25, 0.3) is 0 Å². The number of non-ortho nitro benzene ring substituents is 1. The number of nitro groups is 1. The van der Waals surface area contributed by atoms with Gasteiger partial charge in [0.05, 0.1) is 11.3 Å². The van der Waals surface area contributed by atoms with E-state index >= 15 is 0 Å². The third-order valence-electron chi connectivity index (χ3n) is 5.02. The Morgan fingerprint density at radius 2 is 1.89 bits per heavy atom. The van der Waals surface area contributed by atoms with Crippen LogP contribution in [0.1, 0.15) is 24.0 Å². The fraction of sp³-hybridized carbons (Fsp3) is 0.350. The molecule has 1 N–H and O–H groups in total. The Bertz CT molecular complexity index is 817. The number of halogens is 1. The molecule has 0 radical (unpaired) electrons. The Hall–Kier alpha value is -2.44. The molecular weight excluding hydrogens is 368 g/mol. The lowest BCUT2D eigenvalue weighted by molar-refractivity contribution is -0.384. The number of benzene rings is 2. The lowest BCUT2D eigenvalue weighted by atomic mass is 9.74. The van der Waals surface area contributed by atoms with Gasteiger partial charge in [0.2, 0.25) is 5.91 Å². The smallest absolute Gasteiger partial charge is 0.269 e. The second kappa shape index (κ2) is 8.50. The normalized spacial score (nSPS) is 15.9. The maximum atomic E-state index is 12.4. The van der Waals surface area contributed by atoms with Crippen molar-refractivity contribution in [2.45, 2.75) is 24.7 Å². The second-order valence-electron chi connectivity index (χ2n) is 6.78. The SMILES string of the molecule is O=C(Cc1ccc([N+](=O)[O-])cc1)NCC1(c2cccc(Cl)c2)CCOCC1. The number of hydrogen-bond acceptors (Lipinski definition) is 4. The van der Waals surface area contributed by atoms with E-state index in [0.717, 1.165) is 24.0 Å². The molecule has 1 heterocycles. The van der Waals surface area contributed by atoms with Crippen LogP contribution in [-0.2, 0) is 21.4 Å². The molecule has 1 saturated heterocycles. The van der Waals surface area contributed by atoms with Crippen molar-refractivity contribution in [3.05, 3.63) is 74.8 Å². The van der Waals surface area contributed by atoms with E-state index in [1.54, 1.807) is 12.1 Å². The fourth-order valence-corrected chi connectivity index (χ4v) is 3.59. The third-order valence-corrected chi connectivity index (χ3v) is 5.26. The summed E-state index contributed by atoms with van der Waals surface area (Å²) in [7, 11) is 0. The van der Waals surface area contributed by atoms with Crippen LogP contribution in [0, 0.1) is 10.1 Å². The summed E-state index contributed by atoms with van der Waals surface area (Å²) in [4.78, 5) is 22.7. The van der Waals surface area contributed by atoms with E-state index in [-0.39, 0.29) is 23.4 Å². The van der Waals surface area contributed by atoms with Crippen molar-refractivity contribution < 1.29 is 14.5 Å². The van der Waals surface area contributed by atoms with Gasteiger partial charge >= 0.3 is 0 Å². The fourth-order valence-electron chi connectivity index (χ4n) is 3.40. The zero-order valence-electron chi connectivity index (χ0n) is 14.8. The average molecular weight is 389 g/mol. The maximum absolute atomic E-state index is 12.4. The van der Waals surface area contributed by atoms with E-state index in [1.165, 1.54) is 12.1 Å². The van der Waals surface area contributed by atoms with Gasteiger partial charge in [-0.1, -0.05) is 35.9 Å². The Labute approximate surface area is 162 Å². The van der Waals surface area contributed by atoms with E-state index < -0.39 is 4.92 Å². The molecule has 1 fully saturated rings. The first-order valence-electron chi connectivity index (χ1n) is 8.82. The summed E-state index contributed by atoms with van der Waals surface area (Å²) < 4.78 is 5.51. The molecule has 1 aliphatic rings. The van der Waals surface area contributed by atoms with Gasteiger partial charge in [0, 0.05) is 42.3 Å². The number of nitrogens with one attached hydrogen (secondary N) is 1. The highest BCUT2D eigenvalue weighted by Gasteiger charge is 2.35. The summed E-state index contributed by atoms with van der Waals surface area (Å²) >= 11 is 6.16. The minimum atomic E-state index is -0.455. The van der Waals surface area contributed by atoms with Crippen molar-refractivity contribution in [2.24, 2.45) is 0 Å². The molecule has 0 bridgehead atoms. The highest BCUT2D eigenvalue weighted by atomic mass is 35.5. The first-order chi connectivity index (χ1) is 13.0. The molecule has 7 heteroatoms. The molecule has 1 aliphatic heterocycles. The van der Waals surface area contributed by atoms with Gasteiger partial charge in [-0.25, -0.2) is 0 Å². The quantitative estimate of drug-likeness (QED) is 0.604. The van der Waals surface area contributed by atoms with Gasteiger partial charge < -0.3 is 10.1 Å². The van der Waals surface area contributed by atoms with Crippen molar-refractivity contribution in [3.63, 3.8) is 0 Å². The monoisotopic (exact) mass is 388 g/mol. The Morgan fingerprint density at radius 3 is 2.52 bits per heavy atom. The molecule has 27 heavy (non-hydrogen) atoms. The molecule has 0 aromatic heterocycles. The van der Waals surface area contributed by atoms with E-state index in [0.29, 0.717) is 24.8 Å². The van der Waals surface area contributed by atoms with Gasteiger partial charge in [0.25, 0.3) is 5.69 Å². The van der Waals surface area contributed by atoms with Gasteiger partial charge in [0.15, 0.2) is 0 Å². The number of nitro benzene ring substituents is 1. The van der Waals surface area contributed by atoms with E-state index in [1.807, 2.05) is 24.3 Å². The minimum absolute atomic E-state index is 0.0151. The lowest BCUT2D eigenvalue weighted by Crippen LogP contribution is -2.45. The molecule has 0 aliphatic carbocycles. The molecule has 3 rings (SSSR count). The number of amides is 1. The molecule has 0 atom stereocenters. The van der Waals surface area contributed by atoms with Crippen molar-refractivity contribution in [2.75, 3.05) is 19.8 Å². The van der Waals surface area contributed by atoms with Gasteiger partial charge in [-0.15, -0.1) is 0 Å². The molecule has 0 unspecified atom stereocenters. The van der Waals surface area contributed by atoms with Crippen LogP contribution in [0.3, 0.4) is 0 Å². The van der Waals surface area contributed by atoms with Crippen molar-refractivity contribution in [3.8, 4) is 0 Å². The summed E-state index contributed by atoms with van der Waals surface area (Å²) in [5, 5.41) is 14.4. The summed E-state index contributed by atoms with van der Waals surface area (Å²) in [6, 6.07) is 13.8. The molecule has 1 amide bonds. The summed E-state index contributed by atoms with van der Waals surface area (Å²) in [6.07, 6.45) is 1.80. The highest BCUT2D eigenvalue weighted by Crippen LogP contribution is 2.35. The van der Waals surface area contributed by atoms with Crippen molar-refractivity contribution >= 4 is 23.2 Å². The number of ether oxygens (including phenoxy) is 1. The Kier molecular flexibility index (Phi) is 6.08. The third kappa shape index (κ3) is 4.84. The van der Waals surface area contributed by atoms with Gasteiger partial charge in [-0.2, -0.15) is 0 Å². The van der Waals surface area contributed by atoms with Crippen LogP contribution in [0.15, 0.2) is 48.5 Å². The summed E-state index contributed by atoms with van der Waals surface area (Å²) in [5.74, 6) is -0.114. The number of hydrogen-bond donors (Lipinski definition) is 1. The largest absolute Gasteiger partial charge is 0.381 e.